The number of aliphatic hydroxyl groups is 2. The van der Waals surface area contributed by atoms with Crippen LogP contribution >= 0.6 is 15.9 Å². The molecule has 1 aliphatic rings. The van der Waals surface area contributed by atoms with Gasteiger partial charge in [-0.1, -0.05) is 0 Å². The van der Waals surface area contributed by atoms with Crippen LogP contribution in [0.3, 0.4) is 0 Å². The Morgan fingerprint density at radius 3 is 2.95 bits per heavy atom. The van der Waals surface area contributed by atoms with E-state index in [4.69, 9.17) is 15.6 Å². The molecule has 2 aromatic heterocycles. The third-order valence-electron chi connectivity index (χ3n) is 3.37. The molecule has 1 aliphatic heterocycles. The summed E-state index contributed by atoms with van der Waals surface area (Å²) in [5.74, 6) is 0.252. The van der Waals surface area contributed by atoms with Crippen LogP contribution in [0.25, 0.3) is 5.52 Å². The third-order valence-corrected chi connectivity index (χ3v) is 4.25. The minimum atomic E-state index is -2.23. The molecule has 3 rings (SSSR count). The topological polar surface area (TPSA) is 106 Å². The molecule has 0 saturated carbocycles. The quantitative estimate of drug-likeness (QED) is 0.669. The zero-order chi connectivity index (χ0) is 14.5. The molecule has 0 radical (unpaired) electrons. The normalized spacial score (nSPS) is 33.9. The Morgan fingerprint density at radius 1 is 1.55 bits per heavy atom. The van der Waals surface area contributed by atoms with E-state index in [1.54, 1.807) is 12.1 Å². The number of alkyl halides is 2. The van der Waals surface area contributed by atoms with Crippen LogP contribution < -0.4 is 5.73 Å². The average Bonchev–Trinajstić information content (AvgIpc) is 2.92. The Morgan fingerprint density at radius 2 is 2.30 bits per heavy atom. The number of aliphatic hydroxyl groups excluding tert-OH is 2. The Kier molecular flexibility index (Phi) is 3.16. The van der Waals surface area contributed by atoms with Crippen LogP contribution in [0.2, 0.25) is 0 Å². The Bertz CT molecular complexity index is 650. The van der Waals surface area contributed by atoms with Crippen molar-refractivity contribution in [3.05, 3.63) is 24.2 Å². The summed E-state index contributed by atoms with van der Waals surface area (Å²) < 4.78 is 19.2. The summed E-state index contributed by atoms with van der Waals surface area (Å²) in [6.45, 7) is -0.491. The van der Waals surface area contributed by atoms with Gasteiger partial charge in [0.15, 0.2) is 5.82 Å². The van der Waals surface area contributed by atoms with Gasteiger partial charge >= 0.3 is 0 Å². The Labute approximate surface area is 121 Å². The fourth-order valence-corrected chi connectivity index (χ4v) is 2.96. The van der Waals surface area contributed by atoms with E-state index in [-0.39, 0.29) is 5.82 Å². The molecule has 9 heteroatoms. The number of halogens is 2. The molecule has 0 aliphatic carbocycles. The van der Waals surface area contributed by atoms with Crippen molar-refractivity contribution in [1.82, 2.24) is 14.6 Å². The molecule has 0 bridgehead atoms. The highest BCUT2D eigenvalue weighted by molar-refractivity contribution is 9.10. The summed E-state index contributed by atoms with van der Waals surface area (Å²) in [4.78, 5) is 3.84. The van der Waals surface area contributed by atoms with E-state index in [2.05, 4.69) is 26.0 Å². The molecular weight excluding hydrogens is 335 g/mol. The van der Waals surface area contributed by atoms with Crippen molar-refractivity contribution in [2.75, 3.05) is 12.3 Å². The second-order valence-electron chi connectivity index (χ2n) is 4.56. The molecule has 0 spiro atoms. The highest BCUT2D eigenvalue weighted by atomic mass is 79.9. The summed E-state index contributed by atoms with van der Waals surface area (Å²) in [6, 6.07) is 3.23. The van der Waals surface area contributed by atoms with Crippen molar-refractivity contribution in [3.8, 4) is 0 Å². The zero-order valence-electron chi connectivity index (χ0n) is 10.1. The maximum absolute atomic E-state index is 14.6. The molecule has 1 saturated heterocycles. The van der Waals surface area contributed by atoms with E-state index in [1.807, 2.05) is 0 Å². The van der Waals surface area contributed by atoms with Gasteiger partial charge in [-0.3, -0.25) is 0 Å². The van der Waals surface area contributed by atoms with Gasteiger partial charge in [0.25, 0.3) is 0 Å². The predicted molar refractivity (Wildman–Crippen MR) is 70.9 cm³/mol. The van der Waals surface area contributed by atoms with E-state index < -0.39 is 29.5 Å². The summed E-state index contributed by atoms with van der Waals surface area (Å²) in [5, 5.41) is 23.0. The minimum Gasteiger partial charge on any atom is -0.394 e. The van der Waals surface area contributed by atoms with Crippen LogP contribution in [0.5, 0.6) is 0 Å². The van der Waals surface area contributed by atoms with Gasteiger partial charge in [-0.05, 0) is 28.1 Å². The molecule has 3 heterocycles. The van der Waals surface area contributed by atoms with Gasteiger partial charge in [-0.15, -0.1) is 0 Å². The van der Waals surface area contributed by atoms with Crippen LogP contribution in [0.1, 0.15) is 11.8 Å². The third kappa shape index (κ3) is 1.81. The Hall–Kier alpha value is -1.29. The number of anilines is 1. The second kappa shape index (κ2) is 4.62. The minimum absolute atomic E-state index is 0.252. The number of nitrogens with zero attached hydrogens (tertiary/aromatic N) is 3. The number of fused-ring (bicyclic) bond motifs is 1. The number of hydrogen-bond donors (Lipinski definition) is 3. The predicted octanol–water partition coefficient (Wildman–Crippen LogP) is 0.165. The lowest BCUT2D eigenvalue weighted by Crippen LogP contribution is -2.37. The number of hydrogen-bond acceptors (Lipinski definition) is 6. The van der Waals surface area contributed by atoms with Crippen LogP contribution in [0.15, 0.2) is 18.5 Å². The number of rotatable bonds is 2. The van der Waals surface area contributed by atoms with Crippen molar-refractivity contribution < 1.29 is 19.3 Å². The molecular formula is C11H12BrFN4O3. The van der Waals surface area contributed by atoms with Gasteiger partial charge in [0, 0.05) is 0 Å². The van der Waals surface area contributed by atoms with Crippen molar-refractivity contribution >= 4 is 27.3 Å². The summed E-state index contributed by atoms with van der Waals surface area (Å²) in [6.07, 6.45) is -2.41. The molecule has 4 N–H and O–H groups in total. The largest absolute Gasteiger partial charge is 0.394 e. The maximum Gasteiger partial charge on any atom is 0.224 e. The Balaban J connectivity index is 2.10. The van der Waals surface area contributed by atoms with E-state index in [1.165, 1.54) is 10.8 Å². The first-order valence-electron chi connectivity index (χ1n) is 5.87. The molecule has 2 aromatic rings. The van der Waals surface area contributed by atoms with Crippen molar-refractivity contribution in [2.24, 2.45) is 0 Å². The number of nitrogen functional groups attached to an aromatic ring is 1. The first-order valence-corrected chi connectivity index (χ1v) is 6.66. The second-order valence-corrected chi connectivity index (χ2v) is 5.77. The van der Waals surface area contributed by atoms with Crippen LogP contribution in [-0.4, -0.2) is 48.2 Å². The van der Waals surface area contributed by atoms with Gasteiger partial charge in [0.1, 0.15) is 30.2 Å². The van der Waals surface area contributed by atoms with E-state index >= 15 is 0 Å². The lowest BCUT2D eigenvalue weighted by Gasteiger charge is -2.21. The van der Waals surface area contributed by atoms with Gasteiger partial charge in [-0.2, -0.15) is 5.10 Å². The fourth-order valence-electron chi connectivity index (χ4n) is 2.32. The SMILES string of the molecule is Nc1ncnn2c([C@@H]3O[C@H](CO)C(O)C3(F)Br)ccc12. The van der Waals surface area contributed by atoms with Crippen molar-refractivity contribution in [2.45, 2.75) is 22.9 Å². The summed E-state index contributed by atoms with van der Waals surface area (Å²) in [7, 11) is 0. The monoisotopic (exact) mass is 346 g/mol. The lowest BCUT2D eigenvalue weighted by molar-refractivity contribution is -0.0241. The molecule has 1 fully saturated rings. The maximum atomic E-state index is 14.6. The van der Waals surface area contributed by atoms with E-state index in [0.717, 1.165) is 0 Å². The molecule has 0 amide bonds. The average molecular weight is 347 g/mol. The summed E-state index contributed by atoms with van der Waals surface area (Å²) >= 11 is 2.84. The van der Waals surface area contributed by atoms with Gasteiger partial charge in [-0.25, -0.2) is 13.9 Å². The van der Waals surface area contributed by atoms with Crippen molar-refractivity contribution in [3.63, 3.8) is 0 Å². The highest BCUT2D eigenvalue weighted by Crippen LogP contribution is 2.48. The van der Waals surface area contributed by atoms with Crippen molar-refractivity contribution in [1.29, 1.82) is 0 Å². The first-order chi connectivity index (χ1) is 9.46. The van der Waals surface area contributed by atoms with E-state index in [0.29, 0.717) is 11.2 Å². The van der Waals surface area contributed by atoms with Crippen LogP contribution in [0, 0.1) is 0 Å². The van der Waals surface area contributed by atoms with Crippen LogP contribution in [0.4, 0.5) is 10.2 Å². The molecule has 0 aromatic carbocycles. The molecule has 4 atom stereocenters. The van der Waals surface area contributed by atoms with Gasteiger partial charge in [0.2, 0.25) is 4.58 Å². The smallest absolute Gasteiger partial charge is 0.224 e. The standard InChI is InChI=1S/C11H12BrFN4O3/c12-11(13)8(19)7(3-18)20-9(11)5-1-2-6-10(14)15-4-16-17(5)6/h1-2,4,7-9,18-19H,3H2,(H2,14,15,16)/t7-,8?,9+,11?/m1/s1. The number of nitrogens with two attached hydrogens (primary N) is 1. The number of ether oxygens (including phenoxy) is 1. The van der Waals surface area contributed by atoms with Gasteiger partial charge < -0.3 is 20.7 Å². The number of aromatic nitrogens is 3. The molecule has 7 nitrogen and oxygen atoms in total. The van der Waals surface area contributed by atoms with E-state index in [9.17, 15) is 9.50 Å². The lowest BCUT2D eigenvalue weighted by atomic mass is 10.1. The van der Waals surface area contributed by atoms with Crippen LogP contribution in [-0.2, 0) is 4.74 Å². The highest BCUT2D eigenvalue weighted by Gasteiger charge is 2.57. The molecule has 108 valence electrons. The fraction of sp³-hybridized carbons (Fsp3) is 0.455. The zero-order valence-corrected chi connectivity index (χ0v) is 11.7. The summed E-state index contributed by atoms with van der Waals surface area (Å²) in [5.41, 5.74) is 6.58. The van der Waals surface area contributed by atoms with Gasteiger partial charge in [0.05, 0.1) is 12.3 Å². The first kappa shape index (κ1) is 13.7. The molecule has 2 unspecified atom stereocenters. The molecule has 20 heavy (non-hydrogen) atoms.